The number of carbonyl (C=O) groups excluding carboxylic acids is 2. The molecule has 2 aromatic rings. The minimum Gasteiger partial charge on any atom is -0.378 e. The highest BCUT2D eigenvalue weighted by atomic mass is 16.2. The van der Waals surface area contributed by atoms with Crippen LogP contribution in [-0.4, -0.2) is 32.5 Å². The Morgan fingerprint density at radius 1 is 0.923 bits per heavy atom. The Hall–Kier alpha value is -2.82. The summed E-state index contributed by atoms with van der Waals surface area (Å²) in [5, 5.41) is 2.91. The maximum Gasteiger partial charge on any atom is 0.226 e. The van der Waals surface area contributed by atoms with Crippen LogP contribution in [-0.2, 0) is 9.59 Å². The Labute approximate surface area is 155 Å². The van der Waals surface area contributed by atoms with Gasteiger partial charge in [-0.15, -0.1) is 0 Å². The van der Waals surface area contributed by atoms with Crippen LogP contribution in [0.1, 0.15) is 24.5 Å². The smallest absolute Gasteiger partial charge is 0.226 e. The number of nitrogens with one attached hydrogen (secondary N) is 1. The predicted octanol–water partition coefficient (Wildman–Crippen LogP) is 3.75. The second kappa shape index (κ2) is 8.52. The van der Waals surface area contributed by atoms with E-state index in [1.54, 1.807) is 4.90 Å². The van der Waals surface area contributed by atoms with Crippen molar-refractivity contribution in [1.82, 2.24) is 0 Å². The molecule has 0 spiro atoms. The van der Waals surface area contributed by atoms with E-state index >= 15 is 0 Å². The molecule has 5 heteroatoms. The average Bonchev–Trinajstić information content (AvgIpc) is 2.54. The van der Waals surface area contributed by atoms with E-state index in [0.29, 0.717) is 6.54 Å². The Bertz CT molecular complexity index is 762. The summed E-state index contributed by atoms with van der Waals surface area (Å²) in [6, 6.07) is 13.7. The van der Waals surface area contributed by atoms with Crippen LogP contribution in [0.2, 0.25) is 0 Å². The van der Waals surface area contributed by atoms with Gasteiger partial charge in [-0.25, -0.2) is 0 Å². The molecule has 0 atom stereocenters. The third kappa shape index (κ3) is 5.34. The van der Waals surface area contributed by atoms with E-state index in [1.165, 1.54) is 6.92 Å². The Morgan fingerprint density at radius 3 is 1.96 bits per heavy atom. The van der Waals surface area contributed by atoms with Gasteiger partial charge in [0.05, 0.1) is 0 Å². The average molecular weight is 353 g/mol. The first-order valence-corrected chi connectivity index (χ1v) is 8.70. The largest absolute Gasteiger partial charge is 0.378 e. The number of anilines is 3. The summed E-state index contributed by atoms with van der Waals surface area (Å²) in [7, 11) is 3.93. The molecule has 0 aromatic heterocycles. The van der Waals surface area contributed by atoms with Crippen LogP contribution in [0.15, 0.2) is 42.5 Å². The van der Waals surface area contributed by atoms with Gasteiger partial charge in [0.25, 0.3) is 0 Å². The van der Waals surface area contributed by atoms with Crippen molar-refractivity contribution in [3.05, 3.63) is 53.6 Å². The van der Waals surface area contributed by atoms with Gasteiger partial charge in [0.2, 0.25) is 11.8 Å². The fourth-order valence-corrected chi connectivity index (χ4v) is 2.88. The molecule has 2 amide bonds. The first-order valence-electron chi connectivity index (χ1n) is 8.70. The van der Waals surface area contributed by atoms with Gasteiger partial charge in [-0.05, 0) is 61.4 Å². The van der Waals surface area contributed by atoms with Crippen LogP contribution in [0.3, 0.4) is 0 Å². The van der Waals surface area contributed by atoms with Crippen molar-refractivity contribution in [2.75, 3.05) is 35.8 Å². The second-order valence-electron chi connectivity index (χ2n) is 6.76. The molecule has 0 heterocycles. The topological polar surface area (TPSA) is 52.7 Å². The monoisotopic (exact) mass is 353 g/mol. The molecule has 0 aliphatic heterocycles. The molecule has 2 rings (SSSR count). The summed E-state index contributed by atoms with van der Waals surface area (Å²) >= 11 is 0. The van der Waals surface area contributed by atoms with Crippen LogP contribution < -0.4 is 15.1 Å². The molecule has 5 nitrogen and oxygen atoms in total. The molecule has 138 valence electrons. The van der Waals surface area contributed by atoms with Gasteiger partial charge in [-0.1, -0.05) is 6.07 Å². The van der Waals surface area contributed by atoms with Gasteiger partial charge in [-0.3, -0.25) is 9.59 Å². The van der Waals surface area contributed by atoms with E-state index in [2.05, 4.69) is 11.4 Å². The summed E-state index contributed by atoms with van der Waals surface area (Å²) in [6.07, 6.45) is 0.238. The predicted molar refractivity (Wildman–Crippen MR) is 108 cm³/mol. The number of hydrogen-bond donors (Lipinski definition) is 1. The van der Waals surface area contributed by atoms with Crippen molar-refractivity contribution in [2.24, 2.45) is 0 Å². The van der Waals surface area contributed by atoms with Crippen LogP contribution in [0.25, 0.3) is 0 Å². The lowest BCUT2D eigenvalue weighted by molar-refractivity contribution is -0.117. The highest BCUT2D eigenvalue weighted by molar-refractivity contribution is 5.95. The van der Waals surface area contributed by atoms with E-state index in [4.69, 9.17) is 0 Å². The van der Waals surface area contributed by atoms with Crippen LogP contribution in [0.5, 0.6) is 0 Å². The molecule has 0 bridgehead atoms. The van der Waals surface area contributed by atoms with Crippen LogP contribution in [0, 0.1) is 13.8 Å². The van der Waals surface area contributed by atoms with Crippen molar-refractivity contribution >= 4 is 28.9 Å². The number of benzene rings is 2. The van der Waals surface area contributed by atoms with Gasteiger partial charge in [0.1, 0.15) is 0 Å². The number of nitrogens with zero attached hydrogens (tertiary/aromatic N) is 2. The third-order valence-corrected chi connectivity index (χ3v) is 4.13. The number of hydrogen-bond acceptors (Lipinski definition) is 3. The lowest BCUT2D eigenvalue weighted by Gasteiger charge is -2.22. The summed E-state index contributed by atoms with van der Waals surface area (Å²) in [5.41, 5.74) is 4.85. The van der Waals surface area contributed by atoms with Crippen molar-refractivity contribution in [2.45, 2.75) is 27.2 Å². The van der Waals surface area contributed by atoms with Crippen LogP contribution in [0.4, 0.5) is 17.1 Å². The minimum atomic E-state index is -0.105. The standard InChI is InChI=1S/C21H27N3O2/c1-15-12-16(2)14-18(13-15)22-21(26)10-11-24(17(3)25)20-8-6-19(7-9-20)23(4)5/h6-9,12-14H,10-11H2,1-5H3,(H,22,26). The SMILES string of the molecule is CC(=O)N(CCC(=O)Nc1cc(C)cc(C)c1)c1ccc(N(C)C)cc1. The lowest BCUT2D eigenvalue weighted by Crippen LogP contribution is -2.32. The zero-order valence-corrected chi connectivity index (χ0v) is 16.2. The fraction of sp³-hybridized carbons (Fsp3) is 0.333. The molecule has 0 saturated heterocycles. The third-order valence-electron chi connectivity index (χ3n) is 4.13. The van der Waals surface area contributed by atoms with Crippen molar-refractivity contribution in [3.8, 4) is 0 Å². The first-order chi connectivity index (χ1) is 12.3. The highest BCUT2D eigenvalue weighted by Gasteiger charge is 2.14. The lowest BCUT2D eigenvalue weighted by atomic mass is 10.1. The van der Waals surface area contributed by atoms with Gasteiger partial charge in [-0.2, -0.15) is 0 Å². The molecule has 0 aliphatic carbocycles. The van der Waals surface area contributed by atoms with E-state index in [0.717, 1.165) is 28.2 Å². The van der Waals surface area contributed by atoms with E-state index in [9.17, 15) is 9.59 Å². The van der Waals surface area contributed by atoms with E-state index < -0.39 is 0 Å². The maximum absolute atomic E-state index is 12.3. The number of aryl methyl sites for hydroxylation is 2. The molecule has 0 saturated carbocycles. The van der Waals surface area contributed by atoms with E-state index in [1.807, 2.05) is 69.2 Å². The Balaban J connectivity index is 2.01. The van der Waals surface area contributed by atoms with Crippen molar-refractivity contribution < 1.29 is 9.59 Å². The van der Waals surface area contributed by atoms with Gasteiger partial charge in [0, 0.05) is 51.0 Å². The Kier molecular flexibility index (Phi) is 6.39. The highest BCUT2D eigenvalue weighted by Crippen LogP contribution is 2.20. The van der Waals surface area contributed by atoms with Crippen molar-refractivity contribution in [1.29, 1.82) is 0 Å². The molecular weight excluding hydrogens is 326 g/mol. The fourth-order valence-electron chi connectivity index (χ4n) is 2.88. The molecule has 0 fully saturated rings. The number of amides is 2. The Morgan fingerprint density at radius 2 is 1.46 bits per heavy atom. The second-order valence-corrected chi connectivity index (χ2v) is 6.76. The molecule has 0 aliphatic rings. The number of carbonyl (C=O) groups is 2. The molecule has 0 unspecified atom stereocenters. The van der Waals surface area contributed by atoms with Crippen LogP contribution >= 0.6 is 0 Å². The summed E-state index contributed by atoms with van der Waals surface area (Å²) in [6.45, 7) is 5.85. The molecule has 2 aromatic carbocycles. The molecule has 26 heavy (non-hydrogen) atoms. The first kappa shape index (κ1) is 19.5. The van der Waals surface area contributed by atoms with Gasteiger partial charge >= 0.3 is 0 Å². The van der Waals surface area contributed by atoms with Gasteiger partial charge in [0.15, 0.2) is 0 Å². The quantitative estimate of drug-likeness (QED) is 0.860. The maximum atomic E-state index is 12.3. The molecular formula is C21H27N3O2. The summed E-state index contributed by atoms with van der Waals surface area (Å²) in [4.78, 5) is 27.9. The minimum absolute atomic E-state index is 0.0817. The zero-order valence-electron chi connectivity index (χ0n) is 16.2. The summed E-state index contributed by atoms with van der Waals surface area (Å²) < 4.78 is 0. The van der Waals surface area contributed by atoms with E-state index in [-0.39, 0.29) is 18.2 Å². The van der Waals surface area contributed by atoms with Gasteiger partial charge < -0.3 is 15.1 Å². The molecule has 0 radical (unpaired) electrons. The summed E-state index contributed by atoms with van der Waals surface area (Å²) in [5.74, 6) is -0.187. The normalized spacial score (nSPS) is 10.3. The molecule has 1 N–H and O–H groups in total. The van der Waals surface area contributed by atoms with Crippen molar-refractivity contribution in [3.63, 3.8) is 0 Å². The number of rotatable bonds is 6. The zero-order chi connectivity index (χ0) is 19.3.